The molecule has 0 fully saturated rings. The lowest BCUT2D eigenvalue weighted by atomic mass is 10.1. The summed E-state index contributed by atoms with van der Waals surface area (Å²) in [6.45, 7) is 0. The van der Waals surface area contributed by atoms with Crippen molar-refractivity contribution in [1.29, 1.82) is 0 Å². The Balaban J connectivity index is 1.57. The predicted molar refractivity (Wildman–Crippen MR) is 88.0 cm³/mol. The van der Waals surface area contributed by atoms with Crippen molar-refractivity contribution >= 4 is 11.7 Å². The number of rotatable bonds is 3. The Morgan fingerprint density at radius 1 is 1.07 bits per heavy atom. The Labute approximate surface area is 150 Å². The van der Waals surface area contributed by atoms with Gasteiger partial charge in [0.25, 0.3) is 5.91 Å². The summed E-state index contributed by atoms with van der Waals surface area (Å²) in [7, 11) is 0. The summed E-state index contributed by atoms with van der Waals surface area (Å²) in [5.41, 5.74) is 0.654. The van der Waals surface area contributed by atoms with Gasteiger partial charge in [-0.05, 0) is 24.3 Å². The van der Waals surface area contributed by atoms with Crippen LogP contribution in [0.25, 0.3) is 11.1 Å². The molecular formula is C18H10F3N3O3. The molecule has 0 atom stereocenters. The van der Waals surface area contributed by atoms with Crippen LogP contribution in [0.1, 0.15) is 10.4 Å². The van der Waals surface area contributed by atoms with Crippen molar-refractivity contribution in [2.45, 2.75) is 6.29 Å². The number of ether oxygens (including phenoxy) is 2. The number of carbonyl (C=O) groups is 1. The standard InChI is InChI=1S/C18H10F3N3O3/c19-13-9-22-7-6-12(13)17(25)24-15-5-4-10(8-23-15)11-2-1-3-14-16(11)27-18(20,21)26-14/h1-9H,(H,23,24,25). The van der Waals surface area contributed by atoms with Gasteiger partial charge in [-0.15, -0.1) is 8.78 Å². The van der Waals surface area contributed by atoms with Crippen LogP contribution in [0, 0.1) is 5.82 Å². The molecule has 3 aromatic rings. The first-order chi connectivity index (χ1) is 12.9. The number of pyridine rings is 2. The van der Waals surface area contributed by atoms with Crippen molar-refractivity contribution in [2.24, 2.45) is 0 Å². The molecule has 1 aliphatic heterocycles. The molecule has 0 saturated heterocycles. The van der Waals surface area contributed by atoms with Crippen LogP contribution in [-0.2, 0) is 0 Å². The second-order valence-electron chi connectivity index (χ2n) is 5.54. The third-order valence-electron chi connectivity index (χ3n) is 3.76. The van der Waals surface area contributed by atoms with E-state index in [1.54, 1.807) is 18.2 Å². The van der Waals surface area contributed by atoms with Gasteiger partial charge in [0.2, 0.25) is 0 Å². The summed E-state index contributed by atoms with van der Waals surface area (Å²) < 4.78 is 49.1. The number of amides is 1. The number of hydrogen-bond acceptors (Lipinski definition) is 5. The molecule has 3 heterocycles. The minimum atomic E-state index is -3.73. The molecule has 0 bridgehead atoms. The van der Waals surface area contributed by atoms with Crippen LogP contribution in [0.15, 0.2) is 55.0 Å². The Morgan fingerprint density at radius 2 is 1.93 bits per heavy atom. The second-order valence-corrected chi connectivity index (χ2v) is 5.54. The van der Waals surface area contributed by atoms with Crippen molar-refractivity contribution in [2.75, 3.05) is 5.32 Å². The first kappa shape index (κ1) is 16.8. The van der Waals surface area contributed by atoms with E-state index in [1.165, 1.54) is 30.6 Å². The van der Waals surface area contributed by atoms with Gasteiger partial charge in [-0.2, -0.15) is 0 Å². The summed E-state index contributed by atoms with van der Waals surface area (Å²) in [5, 5.41) is 2.45. The quantitative estimate of drug-likeness (QED) is 0.755. The Kier molecular flexibility index (Phi) is 3.91. The average Bonchev–Trinajstić information content (AvgIpc) is 2.96. The molecule has 1 aromatic carbocycles. The van der Waals surface area contributed by atoms with Gasteiger partial charge in [0, 0.05) is 23.5 Å². The molecule has 1 aliphatic rings. The molecule has 136 valence electrons. The molecule has 2 aromatic heterocycles. The Bertz CT molecular complexity index is 1030. The van der Waals surface area contributed by atoms with Crippen LogP contribution in [0.3, 0.4) is 0 Å². The molecule has 4 rings (SSSR count). The van der Waals surface area contributed by atoms with E-state index >= 15 is 0 Å². The number of fused-ring (bicyclic) bond motifs is 1. The maximum atomic E-state index is 13.6. The zero-order valence-corrected chi connectivity index (χ0v) is 13.4. The summed E-state index contributed by atoms with van der Waals surface area (Å²) in [6, 6.07) is 8.74. The number of halogens is 3. The first-order valence-electron chi connectivity index (χ1n) is 7.69. The number of carbonyl (C=O) groups excluding carboxylic acids is 1. The van der Waals surface area contributed by atoms with E-state index in [9.17, 15) is 18.0 Å². The number of aromatic nitrogens is 2. The van der Waals surface area contributed by atoms with E-state index in [4.69, 9.17) is 0 Å². The highest BCUT2D eigenvalue weighted by molar-refractivity contribution is 6.03. The van der Waals surface area contributed by atoms with E-state index in [2.05, 4.69) is 24.8 Å². The van der Waals surface area contributed by atoms with Crippen LogP contribution >= 0.6 is 0 Å². The molecule has 0 radical (unpaired) electrons. The summed E-state index contributed by atoms with van der Waals surface area (Å²) in [4.78, 5) is 19.7. The molecule has 0 aliphatic carbocycles. The van der Waals surface area contributed by atoms with Crippen LogP contribution < -0.4 is 14.8 Å². The first-order valence-corrected chi connectivity index (χ1v) is 7.69. The number of nitrogens with zero attached hydrogens (tertiary/aromatic N) is 2. The van der Waals surface area contributed by atoms with Crippen molar-refractivity contribution < 1.29 is 27.4 Å². The molecule has 9 heteroatoms. The molecule has 1 N–H and O–H groups in total. The maximum Gasteiger partial charge on any atom is 0.586 e. The molecule has 27 heavy (non-hydrogen) atoms. The van der Waals surface area contributed by atoms with Crippen molar-refractivity contribution in [3.05, 3.63) is 66.4 Å². The van der Waals surface area contributed by atoms with E-state index in [-0.39, 0.29) is 22.9 Å². The lowest BCUT2D eigenvalue weighted by molar-refractivity contribution is -0.286. The van der Waals surface area contributed by atoms with Crippen molar-refractivity contribution in [3.63, 3.8) is 0 Å². The van der Waals surface area contributed by atoms with Crippen molar-refractivity contribution in [1.82, 2.24) is 9.97 Å². The Morgan fingerprint density at radius 3 is 2.67 bits per heavy atom. The topological polar surface area (TPSA) is 73.3 Å². The van der Waals surface area contributed by atoms with Gasteiger partial charge in [-0.1, -0.05) is 12.1 Å². The fourth-order valence-electron chi connectivity index (χ4n) is 2.57. The van der Waals surface area contributed by atoms with Gasteiger partial charge >= 0.3 is 6.29 Å². The fourth-order valence-corrected chi connectivity index (χ4v) is 2.57. The van der Waals surface area contributed by atoms with E-state index < -0.39 is 18.0 Å². The highest BCUT2D eigenvalue weighted by Crippen LogP contribution is 2.46. The zero-order chi connectivity index (χ0) is 19.0. The smallest absolute Gasteiger partial charge is 0.395 e. The summed E-state index contributed by atoms with van der Waals surface area (Å²) in [5.74, 6) is -1.46. The number of nitrogens with one attached hydrogen (secondary N) is 1. The lowest BCUT2D eigenvalue weighted by Gasteiger charge is -2.08. The van der Waals surface area contributed by atoms with Gasteiger partial charge in [0.15, 0.2) is 17.3 Å². The number of anilines is 1. The van der Waals surface area contributed by atoms with Gasteiger partial charge < -0.3 is 14.8 Å². The van der Waals surface area contributed by atoms with Crippen LogP contribution in [0.5, 0.6) is 11.5 Å². The lowest BCUT2D eigenvalue weighted by Crippen LogP contribution is -2.26. The van der Waals surface area contributed by atoms with Crippen LogP contribution in [0.2, 0.25) is 0 Å². The maximum absolute atomic E-state index is 13.6. The number of hydrogen-bond donors (Lipinski definition) is 1. The van der Waals surface area contributed by atoms with Gasteiger partial charge in [-0.3, -0.25) is 9.78 Å². The third kappa shape index (κ3) is 3.26. The molecule has 6 nitrogen and oxygen atoms in total. The fraction of sp³-hybridized carbons (Fsp3) is 0.0556. The zero-order valence-electron chi connectivity index (χ0n) is 13.4. The SMILES string of the molecule is O=C(Nc1ccc(-c2cccc3c2OC(F)(F)O3)cn1)c1ccncc1F. The van der Waals surface area contributed by atoms with E-state index in [1.807, 2.05) is 0 Å². The van der Waals surface area contributed by atoms with Crippen LogP contribution in [-0.4, -0.2) is 22.2 Å². The van der Waals surface area contributed by atoms with Crippen LogP contribution in [0.4, 0.5) is 19.0 Å². The Hall–Kier alpha value is -3.62. The molecule has 0 unspecified atom stereocenters. The minimum absolute atomic E-state index is 0.0805. The minimum Gasteiger partial charge on any atom is -0.395 e. The van der Waals surface area contributed by atoms with Gasteiger partial charge in [0.1, 0.15) is 5.82 Å². The monoisotopic (exact) mass is 373 g/mol. The van der Waals surface area contributed by atoms with Gasteiger partial charge in [-0.25, -0.2) is 9.37 Å². The highest BCUT2D eigenvalue weighted by atomic mass is 19.3. The summed E-state index contributed by atoms with van der Waals surface area (Å²) >= 11 is 0. The average molecular weight is 373 g/mol. The number of benzene rings is 1. The second kappa shape index (κ2) is 6.27. The normalized spacial score (nSPS) is 14.0. The third-order valence-corrected chi connectivity index (χ3v) is 3.76. The number of para-hydroxylation sites is 1. The highest BCUT2D eigenvalue weighted by Gasteiger charge is 2.44. The van der Waals surface area contributed by atoms with E-state index in [0.717, 1.165) is 6.20 Å². The molecule has 0 spiro atoms. The van der Waals surface area contributed by atoms with Crippen molar-refractivity contribution in [3.8, 4) is 22.6 Å². The van der Waals surface area contributed by atoms with E-state index in [0.29, 0.717) is 11.1 Å². The number of alkyl halides is 2. The summed E-state index contributed by atoms with van der Waals surface area (Å²) in [6.07, 6.45) is -0.135. The molecule has 1 amide bonds. The molecule has 0 saturated carbocycles. The molecular weight excluding hydrogens is 363 g/mol. The largest absolute Gasteiger partial charge is 0.586 e. The predicted octanol–water partition coefficient (Wildman–Crippen LogP) is 3.86. The van der Waals surface area contributed by atoms with Gasteiger partial charge in [0.05, 0.1) is 11.8 Å².